The Hall–Kier alpha value is -3.15. The number of nitrogens with zero attached hydrogens (tertiary/aromatic N) is 1. The first-order valence-corrected chi connectivity index (χ1v) is 8.99. The molecule has 1 atom stereocenters. The monoisotopic (exact) mass is 366 g/mol. The Balaban J connectivity index is 1.89. The van der Waals surface area contributed by atoms with Crippen LogP contribution in [0.15, 0.2) is 48.5 Å². The molecule has 2 aromatic rings. The zero-order valence-corrected chi connectivity index (χ0v) is 15.4. The molecule has 0 radical (unpaired) electrons. The van der Waals surface area contributed by atoms with E-state index in [0.29, 0.717) is 29.0 Å². The van der Waals surface area contributed by atoms with Gasteiger partial charge in [0, 0.05) is 0 Å². The number of amides is 3. The second-order valence-electron chi connectivity index (χ2n) is 6.37. The van der Waals surface area contributed by atoms with Crippen LogP contribution >= 0.6 is 0 Å². The number of ether oxygens (including phenoxy) is 1. The van der Waals surface area contributed by atoms with Crippen LogP contribution in [0, 0.1) is 0 Å². The third-order valence-corrected chi connectivity index (χ3v) is 4.64. The molecule has 1 aliphatic rings. The lowest BCUT2D eigenvalue weighted by Crippen LogP contribution is -2.47. The molecule has 1 unspecified atom stereocenters. The van der Waals surface area contributed by atoms with Crippen LogP contribution in [0.2, 0.25) is 0 Å². The average Bonchev–Trinajstić information content (AvgIpc) is 2.94. The number of para-hydroxylation sites is 2. The predicted octanol–water partition coefficient (Wildman–Crippen LogP) is 3.49. The number of methoxy groups -OCH3 is 1. The minimum absolute atomic E-state index is 0.342. The summed E-state index contributed by atoms with van der Waals surface area (Å²) >= 11 is 0. The second-order valence-corrected chi connectivity index (χ2v) is 6.37. The molecule has 140 valence electrons. The molecule has 3 amide bonds. The number of rotatable bonds is 7. The summed E-state index contributed by atoms with van der Waals surface area (Å²) in [4.78, 5) is 39.7. The van der Waals surface area contributed by atoms with Gasteiger partial charge in [-0.1, -0.05) is 44.0 Å². The van der Waals surface area contributed by atoms with Gasteiger partial charge in [-0.05, 0) is 30.7 Å². The fourth-order valence-electron chi connectivity index (χ4n) is 3.23. The number of unbranched alkanes of at least 4 members (excludes halogenated alkanes) is 1. The first-order chi connectivity index (χ1) is 13.1. The van der Waals surface area contributed by atoms with E-state index in [1.165, 1.54) is 7.11 Å². The van der Waals surface area contributed by atoms with Crippen LogP contribution < -0.4 is 10.1 Å². The summed E-state index contributed by atoms with van der Waals surface area (Å²) in [5.74, 6) is -0.733. The van der Waals surface area contributed by atoms with E-state index >= 15 is 0 Å². The summed E-state index contributed by atoms with van der Waals surface area (Å²) in [6.07, 6.45) is 1.97. The third kappa shape index (κ3) is 3.56. The largest absolute Gasteiger partial charge is 0.495 e. The van der Waals surface area contributed by atoms with Crippen LogP contribution in [-0.2, 0) is 4.79 Å². The smallest absolute Gasteiger partial charge is 0.262 e. The molecule has 6 nitrogen and oxygen atoms in total. The van der Waals surface area contributed by atoms with E-state index in [4.69, 9.17) is 4.74 Å². The Kier molecular flexibility index (Phi) is 5.54. The number of hydrogen-bond acceptors (Lipinski definition) is 4. The molecule has 0 aliphatic carbocycles. The normalized spacial score (nSPS) is 14.1. The molecule has 1 heterocycles. The number of carbonyl (C=O) groups excluding carboxylic acids is 3. The van der Waals surface area contributed by atoms with Gasteiger partial charge in [0.05, 0.1) is 23.9 Å². The van der Waals surface area contributed by atoms with Crippen LogP contribution in [0.4, 0.5) is 5.69 Å². The van der Waals surface area contributed by atoms with Crippen LogP contribution in [0.5, 0.6) is 5.75 Å². The van der Waals surface area contributed by atoms with Gasteiger partial charge in [-0.25, -0.2) is 0 Å². The molecule has 0 saturated heterocycles. The number of hydrogen-bond donors (Lipinski definition) is 1. The molecule has 6 heteroatoms. The highest BCUT2D eigenvalue weighted by Crippen LogP contribution is 2.28. The molecule has 0 bridgehead atoms. The summed E-state index contributed by atoms with van der Waals surface area (Å²) in [6.45, 7) is 2.00. The summed E-state index contributed by atoms with van der Waals surface area (Å²) < 4.78 is 5.26. The van der Waals surface area contributed by atoms with Crippen LogP contribution in [0.25, 0.3) is 0 Å². The average molecular weight is 366 g/mol. The minimum atomic E-state index is -0.873. The van der Waals surface area contributed by atoms with Gasteiger partial charge in [0.1, 0.15) is 11.8 Å². The molecule has 2 aromatic carbocycles. The van der Waals surface area contributed by atoms with Gasteiger partial charge in [-0.3, -0.25) is 19.3 Å². The standard InChI is InChI=1S/C21H22N2O4/c1-3-4-12-17(19(24)22-16-11-7-8-13-18(16)27-2)23-20(25)14-9-5-6-10-15(14)21(23)26/h5-11,13,17H,3-4,12H2,1-2H3,(H,22,24). The quantitative estimate of drug-likeness (QED) is 0.761. The van der Waals surface area contributed by atoms with Crippen molar-refractivity contribution in [2.45, 2.75) is 32.2 Å². The van der Waals surface area contributed by atoms with Crippen molar-refractivity contribution in [2.75, 3.05) is 12.4 Å². The maximum atomic E-state index is 13.0. The summed E-state index contributed by atoms with van der Waals surface area (Å²) in [7, 11) is 1.52. The van der Waals surface area contributed by atoms with Gasteiger partial charge in [0.25, 0.3) is 11.8 Å². The van der Waals surface area contributed by atoms with Crippen LogP contribution in [0.1, 0.15) is 46.9 Å². The van der Waals surface area contributed by atoms with Crippen molar-refractivity contribution in [2.24, 2.45) is 0 Å². The van der Waals surface area contributed by atoms with Gasteiger partial charge in [0.15, 0.2) is 0 Å². The van der Waals surface area contributed by atoms with Crippen LogP contribution in [0.3, 0.4) is 0 Å². The molecule has 1 aliphatic heterocycles. The van der Waals surface area contributed by atoms with Crippen molar-refractivity contribution < 1.29 is 19.1 Å². The van der Waals surface area contributed by atoms with Gasteiger partial charge >= 0.3 is 0 Å². The fraction of sp³-hybridized carbons (Fsp3) is 0.286. The van der Waals surface area contributed by atoms with Gasteiger partial charge in [-0.15, -0.1) is 0 Å². The zero-order chi connectivity index (χ0) is 19.4. The van der Waals surface area contributed by atoms with Crippen molar-refractivity contribution in [1.29, 1.82) is 0 Å². The van der Waals surface area contributed by atoms with Gasteiger partial charge in [-0.2, -0.15) is 0 Å². The van der Waals surface area contributed by atoms with E-state index in [1.54, 1.807) is 48.5 Å². The number of anilines is 1. The minimum Gasteiger partial charge on any atom is -0.495 e. The van der Waals surface area contributed by atoms with Crippen molar-refractivity contribution >= 4 is 23.4 Å². The lowest BCUT2D eigenvalue weighted by Gasteiger charge is -2.25. The van der Waals surface area contributed by atoms with Crippen molar-refractivity contribution in [1.82, 2.24) is 4.90 Å². The fourth-order valence-corrected chi connectivity index (χ4v) is 3.23. The first kappa shape index (κ1) is 18.6. The molecular formula is C21H22N2O4. The first-order valence-electron chi connectivity index (χ1n) is 8.99. The third-order valence-electron chi connectivity index (χ3n) is 4.64. The maximum absolute atomic E-state index is 13.0. The summed E-state index contributed by atoms with van der Waals surface area (Å²) in [5, 5.41) is 2.81. The van der Waals surface area contributed by atoms with E-state index in [1.807, 2.05) is 6.92 Å². The van der Waals surface area contributed by atoms with Crippen molar-refractivity contribution in [3.05, 3.63) is 59.7 Å². The summed E-state index contributed by atoms with van der Waals surface area (Å²) in [6, 6.07) is 12.8. The molecule has 27 heavy (non-hydrogen) atoms. The SMILES string of the molecule is CCCCC(C(=O)Nc1ccccc1OC)N1C(=O)c2ccccc2C1=O. The van der Waals surface area contributed by atoms with Crippen molar-refractivity contribution in [3.8, 4) is 5.75 Å². The molecule has 1 N–H and O–H groups in total. The van der Waals surface area contributed by atoms with E-state index in [0.717, 1.165) is 17.7 Å². The number of carbonyl (C=O) groups is 3. The summed E-state index contributed by atoms with van der Waals surface area (Å²) in [5.41, 5.74) is 1.19. The van der Waals surface area contributed by atoms with E-state index in [-0.39, 0.29) is 0 Å². The van der Waals surface area contributed by atoms with Gasteiger partial charge in [0.2, 0.25) is 5.91 Å². The van der Waals surface area contributed by atoms with E-state index in [9.17, 15) is 14.4 Å². The number of fused-ring (bicyclic) bond motifs is 1. The predicted molar refractivity (Wildman–Crippen MR) is 102 cm³/mol. The van der Waals surface area contributed by atoms with Gasteiger partial charge < -0.3 is 10.1 Å². The highest BCUT2D eigenvalue weighted by Gasteiger charge is 2.42. The molecule has 3 rings (SSSR count). The van der Waals surface area contributed by atoms with E-state index < -0.39 is 23.8 Å². The van der Waals surface area contributed by atoms with E-state index in [2.05, 4.69) is 5.32 Å². The topological polar surface area (TPSA) is 75.7 Å². The second kappa shape index (κ2) is 8.03. The Morgan fingerprint density at radius 2 is 1.63 bits per heavy atom. The number of nitrogens with one attached hydrogen (secondary N) is 1. The molecule has 0 aromatic heterocycles. The lowest BCUT2D eigenvalue weighted by molar-refractivity contribution is -0.120. The lowest BCUT2D eigenvalue weighted by atomic mass is 10.1. The highest BCUT2D eigenvalue weighted by molar-refractivity contribution is 6.23. The molecule has 0 saturated carbocycles. The number of benzene rings is 2. The molecule has 0 fully saturated rings. The Morgan fingerprint density at radius 1 is 1.04 bits per heavy atom. The Morgan fingerprint density at radius 3 is 2.22 bits per heavy atom. The Bertz CT molecular complexity index is 843. The Labute approximate surface area is 158 Å². The zero-order valence-electron chi connectivity index (χ0n) is 15.4. The molecular weight excluding hydrogens is 344 g/mol. The van der Waals surface area contributed by atoms with Crippen molar-refractivity contribution in [3.63, 3.8) is 0 Å². The molecule has 0 spiro atoms. The highest BCUT2D eigenvalue weighted by atomic mass is 16.5. The maximum Gasteiger partial charge on any atom is 0.262 e. The number of imide groups is 1. The van der Waals surface area contributed by atoms with Crippen LogP contribution in [-0.4, -0.2) is 35.8 Å².